The molecule has 0 radical (unpaired) electrons. The van der Waals surface area contributed by atoms with Gasteiger partial charge >= 0.3 is 6.18 Å². The van der Waals surface area contributed by atoms with Crippen molar-refractivity contribution in [2.75, 3.05) is 13.7 Å². The summed E-state index contributed by atoms with van der Waals surface area (Å²) in [6.07, 6.45) is -4.34. The van der Waals surface area contributed by atoms with E-state index < -0.39 is 12.8 Å². The molecule has 1 heterocycles. The van der Waals surface area contributed by atoms with Crippen molar-refractivity contribution in [3.63, 3.8) is 0 Å². The first-order valence-electron chi connectivity index (χ1n) is 8.01. The van der Waals surface area contributed by atoms with Crippen molar-refractivity contribution < 1.29 is 17.9 Å². The van der Waals surface area contributed by atoms with Crippen LogP contribution in [0.25, 0.3) is 0 Å². The van der Waals surface area contributed by atoms with Gasteiger partial charge in [0.1, 0.15) is 5.75 Å². The van der Waals surface area contributed by atoms with E-state index in [4.69, 9.17) is 0 Å². The van der Waals surface area contributed by atoms with E-state index in [1.54, 1.807) is 19.2 Å². The maximum Gasteiger partial charge on any atom is 0.422 e. The zero-order valence-corrected chi connectivity index (χ0v) is 14.6. The summed E-state index contributed by atoms with van der Waals surface area (Å²) in [7, 11) is 1.66. The van der Waals surface area contributed by atoms with Crippen LogP contribution in [0.5, 0.6) is 5.75 Å². The Morgan fingerprint density at radius 3 is 2.38 bits per heavy atom. The Morgan fingerprint density at radius 1 is 1.08 bits per heavy atom. The van der Waals surface area contributed by atoms with Gasteiger partial charge in [-0.05, 0) is 36.8 Å². The summed E-state index contributed by atoms with van der Waals surface area (Å²) in [6, 6.07) is 12.2. The Hall–Kier alpha value is -2.77. The fraction of sp³-hybridized carbons (Fsp3) is 0.333. The highest BCUT2D eigenvalue weighted by atomic mass is 19.4. The predicted molar refractivity (Wildman–Crippen MR) is 94.0 cm³/mol. The molecule has 0 unspecified atom stereocenters. The highest BCUT2D eigenvalue weighted by Gasteiger charge is 2.28. The minimum atomic E-state index is -4.34. The highest BCUT2D eigenvalue weighted by Crippen LogP contribution is 2.18. The fourth-order valence-electron chi connectivity index (χ4n) is 2.15. The monoisotopic (exact) mass is 366 g/mol. The molecule has 8 heteroatoms. The number of nitrogens with one attached hydrogen (secondary N) is 2. The molecular weight excluding hydrogens is 345 g/mol. The molecule has 1 aromatic carbocycles. The SMILES string of the molecule is CN=C(NCc1ccc(OCC(F)(F)F)cc1)NCc1cccc(C)n1. The molecule has 0 amide bonds. The summed E-state index contributed by atoms with van der Waals surface area (Å²) < 4.78 is 41.1. The van der Waals surface area contributed by atoms with Gasteiger partial charge in [-0.1, -0.05) is 18.2 Å². The molecule has 2 rings (SSSR count). The lowest BCUT2D eigenvalue weighted by molar-refractivity contribution is -0.153. The minimum absolute atomic E-state index is 0.180. The van der Waals surface area contributed by atoms with Gasteiger partial charge in [-0.2, -0.15) is 13.2 Å². The Balaban J connectivity index is 1.80. The van der Waals surface area contributed by atoms with Gasteiger partial charge in [0.2, 0.25) is 0 Å². The summed E-state index contributed by atoms with van der Waals surface area (Å²) in [5.74, 6) is 0.782. The first kappa shape index (κ1) is 19.6. The van der Waals surface area contributed by atoms with Crippen LogP contribution in [0.2, 0.25) is 0 Å². The van der Waals surface area contributed by atoms with Crippen LogP contribution < -0.4 is 15.4 Å². The number of hydrogen-bond donors (Lipinski definition) is 2. The molecule has 0 saturated carbocycles. The maximum atomic E-state index is 12.1. The molecule has 0 fully saturated rings. The molecule has 2 aromatic rings. The molecule has 0 aliphatic carbocycles. The van der Waals surface area contributed by atoms with E-state index in [0.717, 1.165) is 17.0 Å². The lowest BCUT2D eigenvalue weighted by atomic mass is 10.2. The molecular formula is C18H21F3N4O. The van der Waals surface area contributed by atoms with Crippen LogP contribution >= 0.6 is 0 Å². The first-order valence-corrected chi connectivity index (χ1v) is 8.01. The molecule has 0 saturated heterocycles. The largest absolute Gasteiger partial charge is 0.484 e. The van der Waals surface area contributed by atoms with Gasteiger partial charge in [0.05, 0.1) is 12.2 Å². The van der Waals surface area contributed by atoms with Gasteiger partial charge in [-0.3, -0.25) is 9.98 Å². The van der Waals surface area contributed by atoms with E-state index in [1.165, 1.54) is 12.1 Å². The van der Waals surface area contributed by atoms with Crippen molar-refractivity contribution in [1.82, 2.24) is 15.6 Å². The third-order valence-corrected chi connectivity index (χ3v) is 3.39. The van der Waals surface area contributed by atoms with E-state index in [-0.39, 0.29) is 5.75 Å². The Bertz CT molecular complexity index is 730. The topological polar surface area (TPSA) is 58.5 Å². The second kappa shape index (κ2) is 9.07. The van der Waals surface area contributed by atoms with Crippen molar-refractivity contribution in [3.05, 3.63) is 59.4 Å². The van der Waals surface area contributed by atoms with Gasteiger partial charge in [0, 0.05) is 19.3 Å². The van der Waals surface area contributed by atoms with Gasteiger partial charge in [-0.25, -0.2) is 0 Å². The Morgan fingerprint density at radius 2 is 1.77 bits per heavy atom. The number of hydrogen-bond acceptors (Lipinski definition) is 3. The van der Waals surface area contributed by atoms with Gasteiger partial charge in [0.25, 0.3) is 0 Å². The zero-order valence-electron chi connectivity index (χ0n) is 14.6. The van der Waals surface area contributed by atoms with Crippen molar-refractivity contribution in [1.29, 1.82) is 0 Å². The number of aryl methyl sites for hydroxylation is 1. The summed E-state index contributed by atoms with van der Waals surface area (Å²) in [5.41, 5.74) is 2.74. The van der Waals surface area contributed by atoms with E-state index in [2.05, 4.69) is 25.3 Å². The minimum Gasteiger partial charge on any atom is -0.484 e. The van der Waals surface area contributed by atoms with Crippen LogP contribution in [0.3, 0.4) is 0 Å². The smallest absolute Gasteiger partial charge is 0.422 e. The van der Waals surface area contributed by atoms with Gasteiger partial charge < -0.3 is 15.4 Å². The summed E-state index contributed by atoms with van der Waals surface area (Å²) in [4.78, 5) is 8.53. The Kier molecular flexibility index (Phi) is 6.82. The maximum absolute atomic E-state index is 12.1. The number of nitrogens with zero attached hydrogens (tertiary/aromatic N) is 2. The number of alkyl halides is 3. The number of ether oxygens (including phenoxy) is 1. The van der Waals surface area contributed by atoms with Crippen molar-refractivity contribution in [2.45, 2.75) is 26.2 Å². The fourth-order valence-corrected chi connectivity index (χ4v) is 2.15. The second-order valence-corrected chi connectivity index (χ2v) is 5.60. The number of aliphatic imine (C=N–C) groups is 1. The van der Waals surface area contributed by atoms with Crippen LogP contribution in [0.1, 0.15) is 17.0 Å². The van der Waals surface area contributed by atoms with Crippen LogP contribution in [0, 0.1) is 6.92 Å². The van der Waals surface area contributed by atoms with E-state index in [0.29, 0.717) is 19.0 Å². The van der Waals surface area contributed by atoms with Crippen LogP contribution in [-0.2, 0) is 13.1 Å². The lowest BCUT2D eigenvalue weighted by Gasteiger charge is -2.13. The summed E-state index contributed by atoms with van der Waals surface area (Å²) in [6.45, 7) is 1.64. The van der Waals surface area contributed by atoms with Crippen LogP contribution in [0.4, 0.5) is 13.2 Å². The summed E-state index contributed by atoms with van der Waals surface area (Å²) >= 11 is 0. The van der Waals surface area contributed by atoms with Crippen LogP contribution in [-0.4, -0.2) is 30.8 Å². The average Bonchev–Trinajstić information content (AvgIpc) is 2.60. The molecule has 140 valence electrons. The number of guanidine groups is 1. The highest BCUT2D eigenvalue weighted by molar-refractivity contribution is 5.79. The third-order valence-electron chi connectivity index (χ3n) is 3.39. The van der Waals surface area contributed by atoms with E-state index >= 15 is 0 Å². The number of halogens is 3. The average molecular weight is 366 g/mol. The van der Waals surface area contributed by atoms with Crippen molar-refractivity contribution >= 4 is 5.96 Å². The number of rotatable bonds is 6. The normalized spacial score (nSPS) is 12.0. The van der Waals surface area contributed by atoms with Gasteiger partial charge in [0.15, 0.2) is 12.6 Å². The molecule has 0 aliphatic heterocycles. The second-order valence-electron chi connectivity index (χ2n) is 5.60. The van der Waals surface area contributed by atoms with Crippen molar-refractivity contribution in [3.8, 4) is 5.75 Å². The predicted octanol–water partition coefficient (Wildman–Crippen LogP) is 3.20. The lowest BCUT2D eigenvalue weighted by Crippen LogP contribution is -2.36. The molecule has 1 aromatic heterocycles. The standard InChI is InChI=1S/C18H21F3N4O/c1-13-4-3-5-15(25-13)11-24-17(22-2)23-10-14-6-8-16(9-7-14)26-12-18(19,20)21/h3-9H,10-12H2,1-2H3,(H2,22,23,24). The number of aromatic nitrogens is 1. The molecule has 0 atom stereocenters. The van der Waals surface area contributed by atoms with E-state index in [9.17, 15) is 13.2 Å². The molecule has 2 N–H and O–H groups in total. The molecule has 0 aliphatic rings. The molecule has 0 bridgehead atoms. The molecule has 0 spiro atoms. The van der Waals surface area contributed by atoms with Crippen LogP contribution in [0.15, 0.2) is 47.5 Å². The Labute approximate surface area is 150 Å². The molecule has 5 nitrogen and oxygen atoms in total. The number of benzene rings is 1. The summed E-state index contributed by atoms with van der Waals surface area (Å²) in [5, 5.41) is 6.29. The quantitative estimate of drug-likeness (QED) is 0.609. The molecule has 26 heavy (non-hydrogen) atoms. The van der Waals surface area contributed by atoms with Crippen molar-refractivity contribution in [2.24, 2.45) is 4.99 Å². The third kappa shape index (κ3) is 7.00. The van der Waals surface area contributed by atoms with Gasteiger partial charge in [-0.15, -0.1) is 0 Å². The first-order chi connectivity index (χ1) is 12.4. The van der Waals surface area contributed by atoms with E-state index in [1.807, 2.05) is 25.1 Å². The number of pyridine rings is 1. The zero-order chi connectivity index (χ0) is 19.0.